The number of sulfonamides is 1. The highest BCUT2D eigenvalue weighted by atomic mass is 32.2. The Kier molecular flexibility index (Phi) is 5.35. The van der Waals surface area contributed by atoms with E-state index >= 15 is 0 Å². The lowest BCUT2D eigenvalue weighted by Gasteiger charge is -2.08. The van der Waals surface area contributed by atoms with Crippen LogP contribution >= 0.6 is 12.2 Å². The Morgan fingerprint density at radius 2 is 2.00 bits per heavy atom. The monoisotopic (exact) mass is 433 g/mol. The molecule has 1 fully saturated rings. The first-order valence-electron chi connectivity index (χ1n) is 9.00. The van der Waals surface area contributed by atoms with Gasteiger partial charge in [0.15, 0.2) is 10.6 Å². The topological polar surface area (TPSA) is 122 Å². The zero-order chi connectivity index (χ0) is 20.4. The van der Waals surface area contributed by atoms with Crippen LogP contribution in [0.4, 0.5) is 0 Å². The second kappa shape index (κ2) is 7.93. The number of carbonyl (C=O) groups excluding carboxylic acids is 1. The van der Waals surface area contributed by atoms with Crippen LogP contribution in [0.1, 0.15) is 40.8 Å². The van der Waals surface area contributed by atoms with Crippen LogP contribution in [-0.4, -0.2) is 29.1 Å². The Hall–Kier alpha value is -2.76. The molecule has 152 valence electrons. The van der Waals surface area contributed by atoms with Gasteiger partial charge in [0.05, 0.1) is 24.2 Å². The van der Waals surface area contributed by atoms with Crippen molar-refractivity contribution >= 4 is 28.1 Å². The van der Waals surface area contributed by atoms with Crippen molar-refractivity contribution in [2.75, 3.05) is 0 Å². The minimum Gasteiger partial charge on any atom is -0.468 e. The number of rotatable bonds is 8. The predicted molar refractivity (Wildman–Crippen MR) is 106 cm³/mol. The van der Waals surface area contributed by atoms with Crippen LogP contribution in [0, 0.1) is 4.77 Å². The van der Waals surface area contributed by atoms with Crippen LogP contribution in [0.2, 0.25) is 0 Å². The summed E-state index contributed by atoms with van der Waals surface area (Å²) in [6.45, 7) is 0.278. The molecule has 29 heavy (non-hydrogen) atoms. The van der Waals surface area contributed by atoms with E-state index in [1.54, 1.807) is 12.1 Å². The molecule has 2 aromatic heterocycles. The summed E-state index contributed by atoms with van der Waals surface area (Å²) in [6, 6.07) is 9.42. The van der Waals surface area contributed by atoms with E-state index in [1.165, 1.54) is 30.5 Å². The van der Waals surface area contributed by atoms with Crippen LogP contribution in [0.3, 0.4) is 0 Å². The van der Waals surface area contributed by atoms with Crippen LogP contribution in [0.5, 0.6) is 0 Å². The zero-order valence-electron chi connectivity index (χ0n) is 15.3. The minimum atomic E-state index is -3.71. The molecule has 1 aliphatic rings. The molecule has 3 aromatic rings. The number of H-pyrrole nitrogens is 1. The van der Waals surface area contributed by atoms with Gasteiger partial charge in [-0.1, -0.05) is 0 Å². The summed E-state index contributed by atoms with van der Waals surface area (Å²) >= 11 is 5.22. The van der Waals surface area contributed by atoms with E-state index < -0.39 is 10.0 Å². The quantitative estimate of drug-likeness (QED) is 0.469. The van der Waals surface area contributed by atoms with Gasteiger partial charge in [0.2, 0.25) is 10.0 Å². The average Bonchev–Trinajstić information content (AvgIpc) is 3.27. The van der Waals surface area contributed by atoms with Crippen LogP contribution < -0.4 is 10.0 Å². The first kappa shape index (κ1) is 19.6. The van der Waals surface area contributed by atoms with Gasteiger partial charge < -0.3 is 9.73 Å². The Morgan fingerprint density at radius 3 is 2.66 bits per heavy atom. The average molecular weight is 434 g/mol. The third kappa shape index (κ3) is 4.47. The number of benzene rings is 1. The molecule has 1 saturated carbocycles. The number of aromatic amines is 1. The van der Waals surface area contributed by atoms with Gasteiger partial charge >= 0.3 is 0 Å². The molecule has 0 aliphatic heterocycles. The molecule has 1 amide bonds. The Labute approximate surface area is 172 Å². The summed E-state index contributed by atoms with van der Waals surface area (Å²) < 4.78 is 34.7. The molecule has 3 N–H and O–H groups in total. The van der Waals surface area contributed by atoms with Gasteiger partial charge in [0, 0.05) is 11.6 Å². The van der Waals surface area contributed by atoms with Crippen molar-refractivity contribution in [1.29, 1.82) is 0 Å². The van der Waals surface area contributed by atoms with E-state index in [1.807, 2.05) is 4.57 Å². The smallest absolute Gasteiger partial charge is 0.251 e. The van der Waals surface area contributed by atoms with Crippen LogP contribution in [0.15, 0.2) is 52.0 Å². The van der Waals surface area contributed by atoms with Crippen molar-refractivity contribution < 1.29 is 17.6 Å². The van der Waals surface area contributed by atoms with Gasteiger partial charge in [-0.05, 0) is 61.5 Å². The molecule has 1 aliphatic carbocycles. The Bertz CT molecular complexity index is 1160. The van der Waals surface area contributed by atoms with Crippen molar-refractivity contribution in [3.8, 4) is 0 Å². The van der Waals surface area contributed by atoms with Crippen molar-refractivity contribution in [2.45, 2.75) is 36.9 Å². The fourth-order valence-corrected chi connectivity index (χ4v) is 4.17. The first-order valence-corrected chi connectivity index (χ1v) is 10.9. The molecule has 1 aromatic carbocycles. The van der Waals surface area contributed by atoms with Gasteiger partial charge in [-0.3, -0.25) is 14.5 Å². The molecule has 9 nitrogen and oxygen atoms in total. The lowest BCUT2D eigenvalue weighted by atomic mass is 10.2. The number of hydrogen-bond donors (Lipinski definition) is 3. The fourth-order valence-electron chi connectivity index (χ4n) is 2.88. The molecule has 0 unspecified atom stereocenters. The van der Waals surface area contributed by atoms with Crippen molar-refractivity contribution in [1.82, 2.24) is 24.8 Å². The van der Waals surface area contributed by atoms with E-state index in [2.05, 4.69) is 20.2 Å². The van der Waals surface area contributed by atoms with Crippen LogP contribution in [0.25, 0.3) is 0 Å². The molecule has 0 bridgehead atoms. The molecule has 0 spiro atoms. The van der Waals surface area contributed by atoms with Gasteiger partial charge in [0.1, 0.15) is 5.76 Å². The molecule has 11 heteroatoms. The van der Waals surface area contributed by atoms with E-state index in [0.29, 0.717) is 28.0 Å². The second-order valence-corrected chi connectivity index (χ2v) is 8.81. The summed E-state index contributed by atoms with van der Waals surface area (Å²) in [6.07, 6.45) is 3.58. The minimum absolute atomic E-state index is 0.0487. The maximum absolute atomic E-state index is 12.4. The summed E-state index contributed by atoms with van der Waals surface area (Å²) in [5.41, 5.74) is 0.349. The third-order valence-electron chi connectivity index (χ3n) is 4.54. The van der Waals surface area contributed by atoms with E-state index in [0.717, 1.165) is 12.8 Å². The number of hydrogen-bond acceptors (Lipinski definition) is 6. The summed E-state index contributed by atoms with van der Waals surface area (Å²) in [4.78, 5) is 12.5. The van der Waals surface area contributed by atoms with E-state index in [4.69, 9.17) is 16.6 Å². The Balaban J connectivity index is 1.38. The largest absolute Gasteiger partial charge is 0.468 e. The highest BCUT2D eigenvalue weighted by Gasteiger charge is 2.27. The number of furan rings is 1. The SMILES string of the molecule is O=C(NCc1n[nH]c(=S)n1C1CC1)c1ccc(S(=O)(=O)NCc2ccco2)cc1. The highest BCUT2D eigenvalue weighted by molar-refractivity contribution is 7.89. The second-order valence-electron chi connectivity index (χ2n) is 6.66. The van der Waals surface area contributed by atoms with Crippen LogP contribution in [-0.2, 0) is 23.1 Å². The molecule has 0 atom stereocenters. The predicted octanol–water partition coefficient (Wildman–Crippen LogP) is 2.28. The van der Waals surface area contributed by atoms with E-state index in [9.17, 15) is 13.2 Å². The van der Waals surface area contributed by atoms with Crippen molar-refractivity contribution in [2.24, 2.45) is 0 Å². The first-order chi connectivity index (χ1) is 13.9. The normalized spacial score (nSPS) is 14.1. The lowest BCUT2D eigenvalue weighted by molar-refractivity contribution is 0.0949. The maximum Gasteiger partial charge on any atom is 0.251 e. The molecular formula is C18H19N5O4S2. The number of carbonyl (C=O) groups is 1. The number of amides is 1. The molecule has 0 saturated heterocycles. The Morgan fingerprint density at radius 1 is 1.24 bits per heavy atom. The highest BCUT2D eigenvalue weighted by Crippen LogP contribution is 2.35. The molecule has 0 radical (unpaired) electrons. The molecule has 4 rings (SSSR count). The zero-order valence-corrected chi connectivity index (χ0v) is 16.9. The molecular weight excluding hydrogens is 414 g/mol. The maximum atomic E-state index is 12.4. The van der Waals surface area contributed by atoms with Gasteiger partial charge in [-0.2, -0.15) is 5.10 Å². The summed E-state index contributed by atoms with van der Waals surface area (Å²) in [7, 11) is -3.71. The third-order valence-corrected chi connectivity index (χ3v) is 6.25. The number of nitrogens with one attached hydrogen (secondary N) is 3. The number of aromatic nitrogens is 3. The lowest BCUT2D eigenvalue weighted by Crippen LogP contribution is -2.25. The van der Waals surface area contributed by atoms with Crippen molar-refractivity contribution in [3.05, 3.63) is 64.6 Å². The van der Waals surface area contributed by atoms with Gasteiger partial charge in [-0.15, -0.1) is 0 Å². The summed E-state index contributed by atoms with van der Waals surface area (Å²) in [5, 5.41) is 9.71. The standard InChI is InChI=1S/C18H19N5O4S2/c24-17(19-11-16-21-22-18(28)23(16)13-5-6-13)12-3-7-15(8-4-12)29(25,26)20-10-14-2-1-9-27-14/h1-4,7-9,13,20H,5-6,10-11H2,(H,19,24)(H,22,28). The number of nitrogens with zero attached hydrogens (tertiary/aromatic N) is 2. The van der Waals surface area contributed by atoms with E-state index in [-0.39, 0.29) is 23.9 Å². The fraction of sp³-hybridized carbons (Fsp3) is 0.278. The summed E-state index contributed by atoms with van der Waals surface area (Å²) in [5.74, 6) is 0.856. The van der Waals surface area contributed by atoms with Crippen molar-refractivity contribution in [3.63, 3.8) is 0 Å². The van der Waals surface area contributed by atoms with Gasteiger partial charge in [0.25, 0.3) is 5.91 Å². The van der Waals surface area contributed by atoms with Gasteiger partial charge in [-0.25, -0.2) is 13.1 Å². The molecule has 2 heterocycles.